The summed E-state index contributed by atoms with van der Waals surface area (Å²) in [7, 11) is 0. The molecule has 0 fully saturated rings. The second kappa shape index (κ2) is 10.9. The van der Waals surface area contributed by atoms with E-state index in [1.165, 1.54) is 42.0 Å². The predicted octanol–water partition coefficient (Wildman–Crippen LogP) is 12.2. The molecule has 0 spiro atoms. The quantitative estimate of drug-likeness (QED) is 0.187. The Morgan fingerprint density at radius 1 is 0.431 bits per heavy atom. The molecule has 0 radical (unpaired) electrons. The average Bonchev–Trinajstić information content (AvgIpc) is 3.86. The number of benzene rings is 7. The largest absolute Gasteiger partial charge is 0.455 e. The summed E-state index contributed by atoms with van der Waals surface area (Å²) in [5, 5.41) is 7.06. The topological polar surface area (TPSA) is 56.7 Å². The van der Waals surface area contributed by atoms with Gasteiger partial charge >= 0.3 is 0 Å². The van der Waals surface area contributed by atoms with Crippen molar-refractivity contribution in [2.75, 3.05) is 0 Å². The molecule has 0 amide bonds. The molecule has 0 saturated heterocycles. The van der Waals surface area contributed by atoms with Gasteiger partial charge in [0.05, 0.1) is 16.6 Å². The van der Waals surface area contributed by atoms with Gasteiger partial charge in [0, 0.05) is 58.5 Å². The van der Waals surface area contributed by atoms with Gasteiger partial charge in [-0.25, -0.2) is 15.0 Å². The van der Waals surface area contributed by atoms with Gasteiger partial charge < -0.3 is 8.98 Å². The van der Waals surface area contributed by atoms with Gasteiger partial charge in [0.1, 0.15) is 11.2 Å². The van der Waals surface area contributed by atoms with Crippen LogP contribution in [0.15, 0.2) is 162 Å². The highest BCUT2D eigenvalue weighted by Gasteiger charge is 2.19. The van der Waals surface area contributed by atoms with Crippen molar-refractivity contribution in [3.63, 3.8) is 0 Å². The van der Waals surface area contributed by atoms with Gasteiger partial charge in [0.2, 0.25) is 0 Å². The van der Waals surface area contributed by atoms with Crippen LogP contribution in [-0.4, -0.2) is 19.5 Å². The van der Waals surface area contributed by atoms with Gasteiger partial charge in [-0.1, -0.05) is 115 Å². The molecule has 51 heavy (non-hydrogen) atoms. The van der Waals surface area contributed by atoms with Crippen LogP contribution < -0.4 is 0 Å². The molecule has 4 heterocycles. The first-order valence-electron chi connectivity index (χ1n) is 16.9. The fourth-order valence-electron chi connectivity index (χ4n) is 7.50. The van der Waals surface area contributed by atoms with E-state index in [2.05, 4.69) is 95.6 Å². The lowest BCUT2D eigenvalue weighted by molar-refractivity contribution is 0.670. The molecule has 0 N–H and O–H groups in total. The van der Waals surface area contributed by atoms with Crippen molar-refractivity contribution in [2.45, 2.75) is 0 Å². The van der Waals surface area contributed by atoms with E-state index in [-0.39, 0.29) is 0 Å². The minimum atomic E-state index is 0.581. The monoisotopic (exact) mass is 670 g/mol. The maximum atomic E-state index is 6.73. The zero-order valence-electron chi connectivity index (χ0n) is 27.1. The molecule has 11 rings (SSSR count). The Hall–Kier alpha value is -6.63. The maximum absolute atomic E-state index is 6.73. The van der Waals surface area contributed by atoms with Crippen molar-refractivity contribution in [3.05, 3.63) is 158 Å². The van der Waals surface area contributed by atoms with Gasteiger partial charge in [-0.2, -0.15) is 0 Å². The normalized spacial score (nSPS) is 11.9. The van der Waals surface area contributed by atoms with Crippen LogP contribution in [0.25, 0.3) is 104 Å². The lowest BCUT2D eigenvalue weighted by Gasteiger charge is -2.08. The van der Waals surface area contributed by atoms with Gasteiger partial charge in [0.25, 0.3) is 0 Å². The second-order valence-corrected chi connectivity index (χ2v) is 13.9. The third-order valence-electron chi connectivity index (χ3n) is 9.85. The van der Waals surface area contributed by atoms with Crippen molar-refractivity contribution >= 4 is 75.3 Å². The molecule has 5 nitrogen and oxygen atoms in total. The number of aromatic nitrogens is 4. The first kappa shape index (κ1) is 28.2. The van der Waals surface area contributed by atoms with E-state index < -0.39 is 0 Å². The summed E-state index contributed by atoms with van der Waals surface area (Å²) < 4.78 is 11.6. The maximum Gasteiger partial charge on any atom is 0.167 e. The van der Waals surface area contributed by atoms with Gasteiger partial charge in [0.15, 0.2) is 17.5 Å². The summed E-state index contributed by atoms with van der Waals surface area (Å²) in [5.74, 6) is 1.83. The second-order valence-electron chi connectivity index (χ2n) is 12.8. The molecule has 7 aromatic carbocycles. The van der Waals surface area contributed by atoms with E-state index in [1.54, 1.807) is 0 Å². The smallest absolute Gasteiger partial charge is 0.167 e. The van der Waals surface area contributed by atoms with Crippen LogP contribution in [0.3, 0.4) is 0 Å². The fourth-order valence-corrected chi connectivity index (χ4v) is 8.66. The summed E-state index contributed by atoms with van der Waals surface area (Å²) in [6.45, 7) is 0. The molecule has 0 aliphatic carbocycles. The summed E-state index contributed by atoms with van der Waals surface area (Å²) in [4.78, 5) is 14.9. The van der Waals surface area contributed by atoms with Crippen molar-refractivity contribution < 1.29 is 4.42 Å². The molecule has 0 saturated carbocycles. The van der Waals surface area contributed by atoms with Crippen LogP contribution in [0.5, 0.6) is 0 Å². The lowest BCUT2D eigenvalue weighted by atomic mass is 10.1. The molecular formula is C45H26N4OS. The number of para-hydroxylation sites is 3. The summed E-state index contributed by atoms with van der Waals surface area (Å²) in [6, 6.07) is 54.9. The van der Waals surface area contributed by atoms with E-state index in [1.807, 2.05) is 78.1 Å². The number of nitrogens with zero attached hydrogens (tertiary/aromatic N) is 4. The lowest BCUT2D eigenvalue weighted by Crippen LogP contribution is -2.00. The number of rotatable bonds is 4. The Morgan fingerprint density at radius 3 is 1.71 bits per heavy atom. The van der Waals surface area contributed by atoms with E-state index in [9.17, 15) is 0 Å². The molecule has 238 valence electrons. The number of thiophene rings is 1. The number of fused-ring (bicyclic) bond motifs is 9. The zero-order chi connectivity index (χ0) is 33.5. The van der Waals surface area contributed by atoms with E-state index in [0.717, 1.165) is 44.3 Å². The molecule has 0 unspecified atom stereocenters. The Bertz CT molecular complexity index is 3030. The molecule has 0 bridgehead atoms. The van der Waals surface area contributed by atoms with Crippen LogP contribution in [0.2, 0.25) is 0 Å². The van der Waals surface area contributed by atoms with Crippen LogP contribution in [-0.2, 0) is 0 Å². The van der Waals surface area contributed by atoms with Crippen LogP contribution >= 0.6 is 11.3 Å². The van der Waals surface area contributed by atoms with Crippen molar-refractivity contribution in [2.24, 2.45) is 0 Å². The first-order valence-corrected chi connectivity index (χ1v) is 17.8. The number of hydrogen-bond donors (Lipinski definition) is 0. The highest BCUT2D eigenvalue weighted by molar-refractivity contribution is 7.25. The first-order chi connectivity index (χ1) is 25.3. The van der Waals surface area contributed by atoms with Crippen LogP contribution in [0, 0.1) is 0 Å². The Labute approximate surface area is 295 Å². The Morgan fingerprint density at radius 2 is 1.02 bits per heavy atom. The molecule has 4 aromatic heterocycles. The fraction of sp³-hybridized carbons (Fsp3) is 0. The highest BCUT2D eigenvalue weighted by Crippen LogP contribution is 2.43. The molecular weight excluding hydrogens is 645 g/mol. The summed E-state index contributed by atoms with van der Waals surface area (Å²) in [6.07, 6.45) is 0. The van der Waals surface area contributed by atoms with E-state index >= 15 is 0 Å². The SMILES string of the molecule is c1ccc(-c2nc(-c3ccccc3)nc(-c3cccc4c3oc3cc5c(cc34)sc3cc(-n4c6ccccc6c6ccccc64)ccc35)n2)cc1. The predicted molar refractivity (Wildman–Crippen MR) is 211 cm³/mol. The molecule has 0 atom stereocenters. The van der Waals surface area contributed by atoms with E-state index in [4.69, 9.17) is 19.4 Å². The third-order valence-corrected chi connectivity index (χ3v) is 11.0. The number of furan rings is 1. The van der Waals surface area contributed by atoms with Crippen molar-refractivity contribution in [1.29, 1.82) is 0 Å². The number of hydrogen-bond acceptors (Lipinski definition) is 5. The van der Waals surface area contributed by atoms with Gasteiger partial charge in [-0.3, -0.25) is 0 Å². The van der Waals surface area contributed by atoms with Crippen molar-refractivity contribution in [3.8, 4) is 39.9 Å². The highest BCUT2D eigenvalue weighted by atomic mass is 32.1. The average molecular weight is 671 g/mol. The van der Waals surface area contributed by atoms with Crippen LogP contribution in [0.1, 0.15) is 0 Å². The Balaban J connectivity index is 1.08. The van der Waals surface area contributed by atoms with Crippen LogP contribution in [0.4, 0.5) is 0 Å². The summed E-state index contributed by atoms with van der Waals surface area (Å²) >= 11 is 1.82. The van der Waals surface area contributed by atoms with Crippen molar-refractivity contribution in [1.82, 2.24) is 19.5 Å². The minimum absolute atomic E-state index is 0.581. The molecule has 6 heteroatoms. The summed E-state index contributed by atoms with van der Waals surface area (Å²) in [5.41, 5.74) is 7.90. The molecule has 0 aliphatic rings. The van der Waals surface area contributed by atoms with Gasteiger partial charge in [-0.05, 0) is 42.5 Å². The molecule has 11 aromatic rings. The third kappa shape index (κ3) is 4.37. The standard InChI is InChI=1S/C45H26N4OS/c1-3-12-27(13-4-1)43-46-44(28-14-5-2-6-15-28)48-45(47-43)34-19-11-18-33-35-26-41-36(25-39(35)50-42(33)34)32-23-22-29(24-40(32)51-41)49-37-20-9-7-16-30(37)31-17-8-10-21-38(31)49/h1-26H. The van der Waals surface area contributed by atoms with Gasteiger partial charge in [-0.15, -0.1) is 11.3 Å². The minimum Gasteiger partial charge on any atom is -0.455 e. The zero-order valence-corrected chi connectivity index (χ0v) is 27.9. The Kier molecular flexibility index (Phi) is 6.05. The van der Waals surface area contributed by atoms with E-state index in [0.29, 0.717) is 17.5 Å². The molecule has 0 aliphatic heterocycles.